The molecule has 10 aromatic carbocycles. The molecule has 0 saturated heterocycles. The molecule has 330 valence electrons. The maximum atomic E-state index is 5.48. The van der Waals surface area contributed by atoms with E-state index in [4.69, 9.17) is 19.9 Å². The number of benzene rings is 10. The highest BCUT2D eigenvalue weighted by atomic mass is 32.1. The lowest BCUT2D eigenvalue weighted by molar-refractivity contribution is 1.02. The Hall–Kier alpha value is -9.30. The summed E-state index contributed by atoms with van der Waals surface area (Å²) < 4.78 is 4.88. The molecular formula is C64H38N6S. The van der Waals surface area contributed by atoms with Crippen molar-refractivity contribution < 1.29 is 0 Å². The van der Waals surface area contributed by atoms with Crippen LogP contribution in [0.2, 0.25) is 0 Å². The van der Waals surface area contributed by atoms with Crippen LogP contribution in [0.4, 0.5) is 17.3 Å². The predicted molar refractivity (Wildman–Crippen MR) is 295 cm³/mol. The lowest BCUT2D eigenvalue weighted by Crippen LogP contribution is -2.19. The van der Waals surface area contributed by atoms with Crippen LogP contribution in [0.5, 0.6) is 0 Å². The number of nitrogens with zero attached hydrogens (tertiary/aromatic N) is 6. The Morgan fingerprint density at radius 1 is 0.352 bits per heavy atom. The van der Waals surface area contributed by atoms with Gasteiger partial charge in [-0.3, -0.25) is 4.90 Å². The Balaban J connectivity index is 0.902. The summed E-state index contributed by atoms with van der Waals surface area (Å²) in [5, 5.41) is 8.29. The van der Waals surface area contributed by atoms with Crippen LogP contribution >= 0.6 is 11.3 Å². The summed E-state index contributed by atoms with van der Waals surface area (Å²) in [6, 6.07) is 82.1. The van der Waals surface area contributed by atoms with E-state index in [0.29, 0.717) is 17.6 Å². The molecule has 0 atom stereocenters. The van der Waals surface area contributed by atoms with Crippen molar-refractivity contribution in [1.29, 1.82) is 0 Å². The Kier molecular flexibility index (Phi) is 8.73. The third kappa shape index (κ3) is 6.20. The molecule has 71 heavy (non-hydrogen) atoms. The standard InChI is InChI=1S/C64H38N6S/c1-4-16-39(17-5-1)62-66-63(40-18-6-2-7-19-40)68-64(67-62)70-56-34-31-43(38-52(56)60-59-48(25-15-29-57(59)70)46-22-10-12-27-53(46)65-60)45-24-14-26-49-51-37-42(32-35-58(51)71-61(45)49)41-30-33-55-50(36-41)47-23-11-13-28-54(47)69(55)44-20-8-3-9-21-44/h1-38H. The van der Waals surface area contributed by atoms with Crippen molar-refractivity contribution in [2.75, 3.05) is 4.90 Å². The highest BCUT2D eigenvalue weighted by Crippen LogP contribution is 2.53. The van der Waals surface area contributed by atoms with Crippen LogP contribution in [-0.2, 0) is 0 Å². The maximum Gasteiger partial charge on any atom is 0.238 e. The number of aromatic nitrogens is 5. The molecule has 6 nitrogen and oxygen atoms in total. The molecule has 0 radical (unpaired) electrons. The molecule has 15 rings (SSSR count). The fourth-order valence-corrected chi connectivity index (χ4v) is 12.1. The highest BCUT2D eigenvalue weighted by Gasteiger charge is 2.31. The van der Waals surface area contributed by atoms with Gasteiger partial charge in [0.1, 0.15) is 0 Å². The molecule has 7 heteroatoms. The van der Waals surface area contributed by atoms with Gasteiger partial charge in [0.2, 0.25) is 5.95 Å². The number of hydrogen-bond donors (Lipinski definition) is 0. The number of rotatable bonds is 6. The molecule has 0 aliphatic carbocycles. The van der Waals surface area contributed by atoms with Crippen LogP contribution in [0, 0.1) is 0 Å². The van der Waals surface area contributed by atoms with E-state index in [2.05, 4.69) is 204 Å². The van der Waals surface area contributed by atoms with Crippen molar-refractivity contribution in [2.24, 2.45) is 0 Å². The van der Waals surface area contributed by atoms with E-state index in [9.17, 15) is 0 Å². The van der Waals surface area contributed by atoms with Crippen LogP contribution in [0.15, 0.2) is 231 Å². The zero-order chi connectivity index (χ0) is 46.6. The van der Waals surface area contributed by atoms with E-state index < -0.39 is 0 Å². The Morgan fingerprint density at radius 2 is 0.972 bits per heavy atom. The predicted octanol–water partition coefficient (Wildman–Crippen LogP) is 17.2. The molecule has 0 spiro atoms. The summed E-state index contributed by atoms with van der Waals surface area (Å²) >= 11 is 1.85. The third-order valence-corrected chi connectivity index (χ3v) is 15.4. The molecule has 0 amide bonds. The third-order valence-electron chi connectivity index (χ3n) is 14.2. The molecule has 5 heterocycles. The van der Waals surface area contributed by atoms with Crippen molar-refractivity contribution in [2.45, 2.75) is 0 Å². The van der Waals surface area contributed by atoms with E-state index in [1.54, 1.807) is 0 Å². The van der Waals surface area contributed by atoms with Crippen LogP contribution in [0.1, 0.15) is 0 Å². The normalized spacial score (nSPS) is 12.2. The zero-order valence-corrected chi connectivity index (χ0v) is 38.8. The average Bonchev–Trinajstić information content (AvgIpc) is 3.99. The zero-order valence-electron chi connectivity index (χ0n) is 38.0. The van der Waals surface area contributed by atoms with Gasteiger partial charge in [0.05, 0.1) is 33.6 Å². The van der Waals surface area contributed by atoms with Crippen molar-refractivity contribution in [1.82, 2.24) is 24.5 Å². The van der Waals surface area contributed by atoms with Crippen molar-refractivity contribution in [3.05, 3.63) is 231 Å². The minimum Gasteiger partial charge on any atom is -0.309 e. The summed E-state index contributed by atoms with van der Waals surface area (Å²) in [7, 11) is 0. The van der Waals surface area contributed by atoms with Gasteiger partial charge in [-0.25, -0.2) is 9.97 Å². The van der Waals surface area contributed by atoms with Crippen molar-refractivity contribution in [3.8, 4) is 62.0 Å². The van der Waals surface area contributed by atoms with E-state index in [0.717, 1.165) is 66.7 Å². The molecule has 4 aromatic heterocycles. The van der Waals surface area contributed by atoms with Crippen LogP contribution in [0.3, 0.4) is 0 Å². The van der Waals surface area contributed by atoms with Gasteiger partial charge in [-0.2, -0.15) is 9.97 Å². The fraction of sp³-hybridized carbons (Fsp3) is 0. The molecule has 0 saturated carbocycles. The number of hydrogen-bond acceptors (Lipinski definition) is 6. The van der Waals surface area contributed by atoms with E-state index in [1.807, 2.05) is 47.7 Å². The lowest BCUT2D eigenvalue weighted by Gasteiger charge is -2.32. The van der Waals surface area contributed by atoms with Gasteiger partial charge in [0, 0.05) is 64.1 Å². The molecule has 1 aliphatic heterocycles. The number of fused-ring (bicyclic) bond motifs is 10. The lowest BCUT2D eigenvalue weighted by atomic mass is 9.91. The van der Waals surface area contributed by atoms with E-state index in [1.165, 1.54) is 58.7 Å². The summed E-state index contributed by atoms with van der Waals surface area (Å²) in [5.41, 5.74) is 15.0. The number of para-hydroxylation sites is 3. The summed E-state index contributed by atoms with van der Waals surface area (Å²) in [5.74, 6) is 1.76. The van der Waals surface area contributed by atoms with Gasteiger partial charge >= 0.3 is 0 Å². The summed E-state index contributed by atoms with van der Waals surface area (Å²) in [6.07, 6.45) is 0. The van der Waals surface area contributed by atoms with E-state index in [-0.39, 0.29) is 0 Å². The van der Waals surface area contributed by atoms with Gasteiger partial charge < -0.3 is 4.57 Å². The Morgan fingerprint density at radius 3 is 1.76 bits per heavy atom. The Bertz CT molecular complexity index is 4410. The molecule has 0 unspecified atom stereocenters. The Labute approximate surface area is 412 Å². The first kappa shape index (κ1) is 39.7. The van der Waals surface area contributed by atoms with Gasteiger partial charge in [0.25, 0.3) is 0 Å². The monoisotopic (exact) mass is 922 g/mol. The van der Waals surface area contributed by atoms with Crippen LogP contribution < -0.4 is 4.90 Å². The minimum atomic E-state index is 0.543. The second kappa shape index (κ2) is 15.6. The van der Waals surface area contributed by atoms with Gasteiger partial charge in [-0.1, -0.05) is 164 Å². The van der Waals surface area contributed by atoms with Crippen molar-refractivity contribution >= 4 is 92.3 Å². The summed E-state index contributed by atoms with van der Waals surface area (Å²) in [6.45, 7) is 0. The van der Waals surface area contributed by atoms with Crippen molar-refractivity contribution in [3.63, 3.8) is 0 Å². The van der Waals surface area contributed by atoms with Gasteiger partial charge in [0.15, 0.2) is 11.6 Å². The fourth-order valence-electron chi connectivity index (χ4n) is 10.9. The first-order valence-electron chi connectivity index (χ1n) is 23.9. The topological polar surface area (TPSA) is 59.7 Å². The van der Waals surface area contributed by atoms with E-state index >= 15 is 0 Å². The second-order valence-electron chi connectivity index (χ2n) is 18.2. The highest BCUT2D eigenvalue weighted by molar-refractivity contribution is 7.26. The number of thiophene rings is 1. The largest absolute Gasteiger partial charge is 0.309 e. The molecule has 0 fully saturated rings. The molecule has 0 N–H and O–H groups in total. The van der Waals surface area contributed by atoms with Gasteiger partial charge in [-0.05, 0) is 94.4 Å². The SMILES string of the molecule is c1ccc(-c2nc(-c3ccccc3)nc(N3c4ccc(-c5cccc6c5sc5ccc(-c7ccc8c(c7)c7ccccc7n8-c7ccccc7)cc56)cc4-c4nc5ccccc5c5cccc3c45)n2)cc1. The molecule has 0 bridgehead atoms. The molecular weight excluding hydrogens is 885 g/mol. The maximum absolute atomic E-state index is 5.48. The second-order valence-corrected chi connectivity index (χ2v) is 19.2. The average molecular weight is 923 g/mol. The number of pyridine rings is 1. The number of anilines is 3. The smallest absolute Gasteiger partial charge is 0.238 e. The van der Waals surface area contributed by atoms with Crippen LogP contribution in [-0.4, -0.2) is 24.5 Å². The van der Waals surface area contributed by atoms with Crippen LogP contribution in [0.25, 0.3) is 126 Å². The molecule has 1 aliphatic rings. The summed E-state index contributed by atoms with van der Waals surface area (Å²) in [4.78, 5) is 23.3. The first-order valence-corrected chi connectivity index (χ1v) is 24.7. The molecule has 14 aromatic rings. The first-order chi connectivity index (χ1) is 35.2. The minimum absolute atomic E-state index is 0.543. The quantitative estimate of drug-likeness (QED) is 0.156. The van der Waals surface area contributed by atoms with Gasteiger partial charge in [-0.15, -0.1) is 11.3 Å².